The third kappa shape index (κ3) is 4.91. The van der Waals surface area contributed by atoms with Gasteiger partial charge in [-0.3, -0.25) is 4.79 Å². The molecule has 1 unspecified atom stereocenters. The first-order chi connectivity index (χ1) is 13.4. The summed E-state index contributed by atoms with van der Waals surface area (Å²) in [6.45, 7) is 6.41. The first-order valence-corrected chi connectivity index (χ1v) is 9.09. The summed E-state index contributed by atoms with van der Waals surface area (Å²) in [7, 11) is 0. The van der Waals surface area contributed by atoms with Crippen LogP contribution in [0.5, 0.6) is 11.5 Å². The largest absolute Gasteiger partial charge is 0.486 e. The Morgan fingerprint density at radius 1 is 1.07 bits per heavy atom. The van der Waals surface area contributed by atoms with E-state index in [0.717, 1.165) is 16.7 Å². The van der Waals surface area contributed by atoms with Gasteiger partial charge in [0.2, 0.25) is 0 Å². The molecular weight excluding hydrogens is 358 g/mol. The van der Waals surface area contributed by atoms with Gasteiger partial charge < -0.3 is 19.5 Å². The topological polar surface area (TPSA) is 73.9 Å². The van der Waals surface area contributed by atoms with E-state index in [0.29, 0.717) is 30.4 Å². The van der Waals surface area contributed by atoms with Crippen LogP contribution in [-0.4, -0.2) is 31.2 Å². The molecule has 0 saturated heterocycles. The number of hydrogen-bond acceptors (Lipinski definition) is 5. The highest BCUT2D eigenvalue weighted by atomic mass is 16.6. The summed E-state index contributed by atoms with van der Waals surface area (Å²) in [5.41, 5.74) is 3.46. The predicted molar refractivity (Wildman–Crippen MR) is 107 cm³/mol. The summed E-state index contributed by atoms with van der Waals surface area (Å²) >= 11 is 0. The smallest absolute Gasteiger partial charge is 0.331 e. The molecule has 3 rings (SSSR count). The first kappa shape index (κ1) is 19.5. The van der Waals surface area contributed by atoms with Crippen molar-refractivity contribution in [3.63, 3.8) is 0 Å². The molecule has 1 N–H and O–H groups in total. The standard InChI is InChI=1S/C22H23NO5/c1-14-4-5-15(2)18(12-14)23-22(25)16(3)28-21(24)9-7-17-6-8-19-20(13-17)27-11-10-26-19/h4-9,12-13,16H,10-11H2,1-3H3,(H,23,25). The highest BCUT2D eigenvalue weighted by molar-refractivity contribution is 5.97. The minimum absolute atomic E-state index is 0.380. The summed E-state index contributed by atoms with van der Waals surface area (Å²) < 4.78 is 16.2. The van der Waals surface area contributed by atoms with E-state index < -0.39 is 12.1 Å². The van der Waals surface area contributed by atoms with E-state index in [2.05, 4.69) is 5.32 Å². The van der Waals surface area contributed by atoms with Crippen LogP contribution >= 0.6 is 0 Å². The molecule has 1 amide bonds. The van der Waals surface area contributed by atoms with Crippen LogP contribution in [0, 0.1) is 13.8 Å². The summed E-state index contributed by atoms with van der Waals surface area (Å²) in [5, 5.41) is 2.79. The fraction of sp³-hybridized carbons (Fsp3) is 0.273. The fourth-order valence-corrected chi connectivity index (χ4v) is 2.70. The number of carbonyl (C=O) groups excluding carboxylic acids is 2. The van der Waals surface area contributed by atoms with Gasteiger partial charge in [0.25, 0.3) is 5.91 Å². The van der Waals surface area contributed by atoms with Gasteiger partial charge in [-0.2, -0.15) is 0 Å². The van der Waals surface area contributed by atoms with E-state index in [1.165, 1.54) is 13.0 Å². The quantitative estimate of drug-likeness (QED) is 0.632. The Labute approximate surface area is 164 Å². The number of amides is 1. The van der Waals surface area contributed by atoms with Gasteiger partial charge in [-0.15, -0.1) is 0 Å². The number of esters is 1. The van der Waals surface area contributed by atoms with Crippen LogP contribution in [0.25, 0.3) is 6.08 Å². The summed E-state index contributed by atoms with van der Waals surface area (Å²) in [4.78, 5) is 24.4. The number of hydrogen-bond donors (Lipinski definition) is 1. The number of fused-ring (bicyclic) bond motifs is 1. The van der Waals surface area contributed by atoms with Gasteiger partial charge in [0.15, 0.2) is 17.6 Å². The lowest BCUT2D eigenvalue weighted by Gasteiger charge is -2.18. The van der Waals surface area contributed by atoms with Crippen LogP contribution in [-0.2, 0) is 14.3 Å². The van der Waals surface area contributed by atoms with Crippen LogP contribution in [0.4, 0.5) is 5.69 Å². The van der Waals surface area contributed by atoms with Crippen LogP contribution in [0.1, 0.15) is 23.6 Å². The maximum Gasteiger partial charge on any atom is 0.331 e. The second-order valence-corrected chi connectivity index (χ2v) is 6.62. The molecule has 6 nitrogen and oxygen atoms in total. The Morgan fingerprint density at radius 2 is 1.82 bits per heavy atom. The molecule has 2 aromatic carbocycles. The zero-order chi connectivity index (χ0) is 20.1. The Morgan fingerprint density at radius 3 is 2.61 bits per heavy atom. The van der Waals surface area contributed by atoms with E-state index in [1.54, 1.807) is 18.2 Å². The number of benzene rings is 2. The van der Waals surface area contributed by atoms with Crippen LogP contribution in [0.15, 0.2) is 42.5 Å². The maximum absolute atomic E-state index is 12.3. The summed E-state index contributed by atoms with van der Waals surface area (Å²) in [6.07, 6.45) is 1.97. The predicted octanol–water partition coefficient (Wildman–Crippen LogP) is 3.66. The Bertz CT molecular complexity index is 919. The average molecular weight is 381 g/mol. The van der Waals surface area contributed by atoms with Crippen molar-refractivity contribution in [3.05, 3.63) is 59.2 Å². The van der Waals surface area contributed by atoms with Crippen LogP contribution in [0.3, 0.4) is 0 Å². The number of carbonyl (C=O) groups is 2. The lowest BCUT2D eigenvalue weighted by molar-refractivity contribution is -0.148. The minimum atomic E-state index is -0.919. The zero-order valence-electron chi connectivity index (χ0n) is 16.2. The van der Waals surface area contributed by atoms with Crippen molar-refractivity contribution in [2.24, 2.45) is 0 Å². The van der Waals surface area contributed by atoms with Gasteiger partial charge in [0.05, 0.1) is 0 Å². The number of anilines is 1. The van der Waals surface area contributed by atoms with Crippen LogP contribution < -0.4 is 14.8 Å². The van der Waals surface area contributed by atoms with Gasteiger partial charge in [0.1, 0.15) is 13.2 Å². The molecule has 0 saturated carbocycles. The van der Waals surface area contributed by atoms with Gasteiger partial charge in [0, 0.05) is 11.8 Å². The summed E-state index contributed by atoms with van der Waals surface area (Å²) in [6, 6.07) is 11.2. The first-order valence-electron chi connectivity index (χ1n) is 9.09. The van der Waals surface area contributed by atoms with Gasteiger partial charge in [-0.1, -0.05) is 18.2 Å². The molecule has 0 fully saturated rings. The minimum Gasteiger partial charge on any atom is -0.486 e. The molecule has 1 aliphatic rings. The van der Waals surface area contributed by atoms with Crippen molar-refractivity contribution in [2.45, 2.75) is 26.9 Å². The number of nitrogens with one attached hydrogen (secondary N) is 1. The molecule has 2 aromatic rings. The van der Waals surface area contributed by atoms with Gasteiger partial charge in [-0.05, 0) is 61.7 Å². The van der Waals surface area contributed by atoms with Crippen molar-refractivity contribution in [3.8, 4) is 11.5 Å². The lowest BCUT2D eigenvalue weighted by atomic mass is 10.1. The number of rotatable bonds is 5. The molecule has 28 heavy (non-hydrogen) atoms. The monoisotopic (exact) mass is 381 g/mol. The molecule has 0 bridgehead atoms. The third-order valence-electron chi connectivity index (χ3n) is 4.29. The molecule has 0 aliphatic carbocycles. The molecule has 0 spiro atoms. The second-order valence-electron chi connectivity index (χ2n) is 6.62. The van der Waals surface area contributed by atoms with E-state index in [-0.39, 0.29) is 5.91 Å². The normalized spacial score (nSPS) is 13.8. The Hall–Kier alpha value is -3.28. The summed E-state index contributed by atoms with van der Waals surface area (Å²) in [5.74, 6) is 0.346. The van der Waals surface area contributed by atoms with Gasteiger partial charge in [-0.25, -0.2) is 4.79 Å². The van der Waals surface area contributed by atoms with Crippen molar-refractivity contribution in [1.29, 1.82) is 0 Å². The number of ether oxygens (including phenoxy) is 3. The van der Waals surface area contributed by atoms with E-state index in [9.17, 15) is 9.59 Å². The number of aryl methyl sites for hydroxylation is 2. The third-order valence-corrected chi connectivity index (χ3v) is 4.29. The molecule has 1 atom stereocenters. The Kier molecular flexibility index (Phi) is 5.99. The fourth-order valence-electron chi connectivity index (χ4n) is 2.70. The molecular formula is C22H23NO5. The SMILES string of the molecule is Cc1ccc(C)c(NC(=O)C(C)OC(=O)C=Cc2ccc3c(c2)OCCO3)c1. The van der Waals surface area contributed by atoms with E-state index >= 15 is 0 Å². The van der Waals surface area contributed by atoms with E-state index in [4.69, 9.17) is 14.2 Å². The van der Waals surface area contributed by atoms with Crippen molar-refractivity contribution in [2.75, 3.05) is 18.5 Å². The molecule has 0 radical (unpaired) electrons. The highest BCUT2D eigenvalue weighted by Gasteiger charge is 2.17. The molecule has 0 aromatic heterocycles. The van der Waals surface area contributed by atoms with Crippen molar-refractivity contribution in [1.82, 2.24) is 0 Å². The van der Waals surface area contributed by atoms with Crippen molar-refractivity contribution >= 4 is 23.6 Å². The average Bonchev–Trinajstić information content (AvgIpc) is 2.69. The zero-order valence-corrected chi connectivity index (χ0v) is 16.2. The second kappa shape index (κ2) is 8.61. The van der Waals surface area contributed by atoms with Crippen molar-refractivity contribution < 1.29 is 23.8 Å². The molecule has 1 aliphatic heterocycles. The maximum atomic E-state index is 12.3. The Balaban J connectivity index is 1.57. The van der Waals surface area contributed by atoms with Crippen LogP contribution in [0.2, 0.25) is 0 Å². The van der Waals surface area contributed by atoms with E-state index in [1.807, 2.05) is 38.1 Å². The molecule has 146 valence electrons. The highest BCUT2D eigenvalue weighted by Crippen LogP contribution is 2.31. The molecule has 6 heteroatoms. The van der Waals surface area contributed by atoms with Gasteiger partial charge >= 0.3 is 5.97 Å². The molecule has 1 heterocycles. The lowest BCUT2D eigenvalue weighted by Crippen LogP contribution is -2.29.